The molecule has 0 aliphatic rings. The number of carbonyl (C=O) groups excluding carboxylic acids is 1. The quantitative estimate of drug-likeness (QED) is 0.614. The van der Waals surface area contributed by atoms with E-state index in [9.17, 15) is 9.59 Å². The van der Waals surface area contributed by atoms with Crippen molar-refractivity contribution in [1.29, 1.82) is 0 Å². The van der Waals surface area contributed by atoms with Gasteiger partial charge in [-0.3, -0.25) is 14.2 Å². The Kier molecular flexibility index (Phi) is 5.47. The van der Waals surface area contributed by atoms with Crippen molar-refractivity contribution in [2.24, 2.45) is 0 Å². The average molecular weight is 418 g/mol. The van der Waals surface area contributed by atoms with Gasteiger partial charge in [-0.05, 0) is 17.7 Å². The Hall–Kier alpha value is -2.94. The number of carbonyl (C=O) groups is 2. The van der Waals surface area contributed by atoms with E-state index >= 15 is 0 Å². The van der Waals surface area contributed by atoms with Crippen LogP contribution in [0.5, 0.6) is 0 Å². The number of amides is 1. The highest BCUT2D eigenvalue weighted by Gasteiger charge is 2.09. The fraction of sp³-hybridized carbons (Fsp3) is 0.176. The lowest BCUT2D eigenvalue weighted by Gasteiger charge is -2.03. The van der Waals surface area contributed by atoms with Gasteiger partial charge < -0.3 is 10.4 Å². The number of rotatable bonds is 7. The number of halogens is 1. The lowest BCUT2D eigenvalue weighted by Crippen LogP contribution is -2.14. The molecule has 8 nitrogen and oxygen atoms in total. The highest BCUT2D eigenvalue weighted by Crippen LogP contribution is 2.13. The number of hydrogen-bond donors (Lipinski definition) is 2. The van der Waals surface area contributed by atoms with Crippen LogP contribution in [0.3, 0.4) is 0 Å². The van der Waals surface area contributed by atoms with Gasteiger partial charge >= 0.3 is 5.97 Å². The van der Waals surface area contributed by atoms with E-state index in [-0.39, 0.29) is 17.9 Å². The number of hydrogen-bond acceptors (Lipinski definition) is 4. The van der Waals surface area contributed by atoms with Crippen molar-refractivity contribution in [3.8, 4) is 0 Å². The average Bonchev–Trinajstić information content (AvgIpc) is 3.25. The number of anilines is 1. The van der Waals surface area contributed by atoms with Crippen molar-refractivity contribution in [3.05, 3.63) is 64.7 Å². The maximum atomic E-state index is 12.0. The first-order chi connectivity index (χ1) is 12.5. The van der Waals surface area contributed by atoms with E-state index < -0.39 is 5.97 Å². The van der Waals surface area contributed by atoms with Crippen molar-refractivity contribution in [1.82, 2.24) is 19.6 Å². The molecule has 2 heterocycles. The van der Waals surface area contributed by atoms with Gasteiger partial charge in [-0.2, -0.15) is 10.2 Å². The highest BCUT2D eigenvalue weighted by atomic mass is 79.9. The number of aryl methyl sites for hydroxylation is 1. The van der Waals surface area contributed by atoms with Crippen LogP contribution >= 0.6 is 15.9 Å². The molecule has 0 spiro atoms. The first kappa shape index (κ1) is 17.9. The van der Waals surface area contributed by atoms with Crippen molar-refractivity contribution < 1.29 is 14.7 Å². The zero-order chi connectivity index (χ0) is 18.5. The maximum absolute atomic E-state index is 12.0. The molecular formula is C17H16BrN5O3. The summed E-state index contributed by atoms with van der Waals surface area (Å²) in [4.78, 5) is 22.8. The van der Waals surface area contributed by atoms with E-state index in [2.05, 4.69) is 31.4 Å². The normalized spacial score (nSPS) is 10.7. The zero-order valence-corrected chi connectivity index (χ0v) is 15.3. The van der Waals surface area contributed by atoms with E-state index in [4.69, 9.17) is 5.11 Å². The molecule has 0 aliphatic heterocycles. The predicted octanol–water partition coefficient (Wildman–Crippen LogP) is 2.62. The molecule has 0 radical (unpaired) electrons. The summed E-state index contributed by atoms with van der Waals surface area (Å²) in [6.45, 7) is 0.903. The Morgan fingerprint density at radius 3 is 2.50 bits per heavy atom. The molecule has 0 bridgehead atoms. The number of aromatic nitrogens is 4. The smallest absolute Gasteiger partial charge is 0.338 e. The van der Waals surface area contributed by atoms with Crippen molar-refractivity contribution in [3.63, 3.8) is 0 Å². The maximum Gasteiger partial charge on any atom is 0.338 e. The molecule has 0 unspecified atom stereocenters. The SMILES string of the molecule is O=C(CCn1cc(C(=O)O)cn1)Nc1cnn(Cc2ccc(Br)cc2)c1. The molecule has 1 amide bonds. The van der Waals surface area contributed by atoms with Crippen LogP contribution in [0.1, 0.15) is 22.3 Å². The lowest BCUT2D eigenvalue weighted by molar-refractivity contribution is -0.116. The summed E-state index contributed by atoms with van der Waals surface area (Å²) in [5, 5.41) is 19.8. The third kappa shape index (κ3) is 4.79. The molecule has 26 heavy (non-hydrogen) atoms. The van der Waals surface area contributed by atoms with E-state index in [0.717, 1.165) is 10.0 Å². The van der Waals surface area contributed by atoms with E-state index in [1.54, 1.807) is 17.1 Å². The van der Waals surface area contributed by atoms with Crippen LogP contribution in [0.15, 0.2) is 53.5 Å². The fourth-order valence-corrected chi connectivity index (χ4v) is 2.59. The van der Waals surface area contributed by atoms with Crippen LogP contribution in [0.4, 0.5) is 5.69 Å². The van der Waals surface area contributed by atoms with Gasteiger partial charge in [0.1, 0.15) is 0 Å². The van der Waals surface area contributed by atoms with Gasteiger partial charge in [0.15, 0.2) is 0 Å². The second kappa shape index (κ2) is 7.96. The van der Waals surface area contributed by atoms with Gasteiger partial charge in [0.2, 0.25) is 5.91 Å². The topological polar surface area (TPSA) is 102 Å². The lowest BCUT2D eigenvalue weighted by atomic mass is 10.2. The van der Waals surface area contributed by atoms with Crippen LogP contribution in [0.2, 0.25) is 0 Å². The van der Waals surface area contributed by atoms with Gasteiger partial charge in [-0.15, -0.1) is 0 Å². The van der Waals surface area contributed by atoms with Crippen LogP contribution in [0, 0.1) is 0 Å². The van der Waals surface area contributed by atoms with Gasteiger partial charge in [0.05, 0.1) is 30.2 Å². The Labute approximate surface area is 157 Å². The molecular weight excluding hydrogens is 402 g/mol. The van der Waals surface area contributed by atoms with Crippen LogP contribution in [0.25, 0.3) is 0 Å². The molecule has 0 saturated carbocycles. The zero-order valence-electron chi connectivity index (χ0n) is 13.7. The number of carboxylic acid groups (broad SMARTS) is 1. The van der Waals surface area contributed by atoms with Crippen LogP contribution in [-0.4, -0.2) is 36.5 Å². The first-order valence-electron chi connectivity index (χ1n) is 7.82. The molecule has 1 aromatic carbocycles. The Morgan fingerprint density at radius 1 is 1.08 bits per heavy atom. The second-order valence-corrected chi connectivity index (χ2v) is 6.56. The minimum atomic E-state index is -1.04. The van der Waals surface area contributed by atoms with Crippen LogP contribution < -0.4 is 5.32 Å². The minimum Gasteiger partial charge on any atom is -0.478 e. The molecule has 3 aromatic rings. The van der Waals surface area contributed by atoms with Gasteiger partial charge in [0, 0.05) is 29.8 Å². The summed E-state index contributed by atoms with van der Waals surface area (Å²) in [5.41, 5.74) is 1.81. The van der Waals surface area contributed by atoms with E-state index in [1.165, 1.54) is 17.1 Å². The predicted molar refractivity (Wildman–Crippen MR) is 97.9 cm³/mol. The van der Waals surface area contributed by atoms with E-state index in [0.29, 0.717) is 18.8 Å². The number of nitrogens with one attached hydrogen (secondary N) is 1. The second-order valence-electron chi connectivity index (χ2n) is 5.65. The Morgan fingerprint density at radius 2 is 1.81 bits per heavy atom. The summed E-state index contributed by atoms with van der Waals surface area (Å²) in [6.07, 6.45) is 6.18. The molecule has 0 fully saturated rings. The molecule has 0 aliphatic carbocycles. The number of aromatic carboxylic acids is 1. The minimum absolute atomic E-state index is 0.0969. The summed E-state index contributed by atoms with van der Waals surface area (Å²) in [6, 6.07) is 7.93. The third-order valence-electron chi connectivity index (χ3n) is 3.62. The third-order valence-corrected chi connectivity index (χ3v) is 4.15. The highest BCUT2D eigenvalue weighted by molar-refractivity contribution is 9.10. The van der Waals surface area contributed by atoms with Crippen molar-refractivity contribution in [2.75, 3.05) is 5.32 Å². The van der Waals surface area contributed by atoms with Gasteiger partial charge in [0.25, 0.3) is 0 Å². The Balaban J connectivity index is 1.50. The summed E-state index contributed by atoms with van der Waals surface area (Å²) < 4.78 is 4.19. The summed E-state index contributed by atoms with van der Waals surface area (Å²) in [5.74, 6) is -1.24. The van der Waals surface area contributed by atoms with Gasteiger partial charge in [-0.1, -0.05) is 28.1 Å². The van der Waals surface area contributed by atoms with Crippen LogP contribution in [-0.2, 0) is 17.9 Å². The molecule has 0 saturated heterocycles. The number of nitrogens with zero attached hydrogens (tertiary/aromatic N) is 4. The monoisotopic (exact) mass is 417 g/mol. The molecule has 9 heteroatoms. The molecule has 3 rings (SSSR count). The molecule has 2 N–H and O–H groups in total. The Bertz CT molecular complexity index is 917. The molecule has 2 aromatic heterocycles. The molecule has 0 atom stereocenters. The first-order valence-corrected chi connectivity index (χ1v) is 8.61. The molecule has 134 valence electrons. The summed E-state index contributed by atoms with van der Waals surface area (Å²) >= 11 is 3.40. The fourth-order valence-electron chi connectivity index (χ4n) is 2.33. The summed E-state index contributed by atoms with van der Waals surface area (Å²) in [7, 11) is 0. The number of carboxylic acids is 1. The largest absolute Gasteiger partial charge is 0.478 e. The van der Waals surface area contributed by atoms with Gasteiger partial charge in [-0.25, -0.2) is 4.79 Å². The van der Waals surface area contributed by atoms with E-state index in [1.807, 2.05) is 24.3 Å². The number of benzene rings is 1. The van der Waals surface area contributed by atoms with Crippen molar-refractivity contribution in [2.45, 2.75) is 19.5 Å². The standard InChI is InChI=1S/C17H16BrN5O3/c18-14-3-1-12(2-4-14)9-23-11-15(8-20-23)21-16(24)5-6-22-10-13(7-19-22)17(25)26/h1-4,7-8,10-11H,5-6,9H2,(H,21,24)(H,25,26). The van der Waals surface area contributed by atoms with Crippen molar-refractivity contribution >= 4 is 33.5 Å².